The number of primary amides is 1. The number of anilines is 2. The predicted molar refractivity (Wildman–Crippen MR) is 159 cm³/mol. The number of amides is 1. The van der Waals surface area contributed by atoms with Crippen molar-refractivity contribution in [3.63, 3.8) is 0 Å². The number of phenolic OH excluding ortho intramolecular Hbond substituents is 1. The first-order valence-corrected chi connectivity index (χ1v) is 13.7. The third kappa shape index (κ3) is 6.33. The molecule has 1 amide bonds. The number of aromatic hydroxyl groups is 1. The average Bonchev–Trinajstić information content (AvgIpc) is 2.92. The number of ether oxygens (including phenoxy) is 2. The van der Waals surface area contributed by atoms with E-state index in [0.717, 1.165) is 77.1 Å². The molecular formula is C32H40N4O4. The molecule has 3 aromatic rings. The van der Waals surface area contributed by atoms with Gasteiger partial charge in [-0.15, -0.1) is 0 Å². The Kier molecular flexibility index (Phi) is 8.57. The van der Waals surface area contributed by atoms with Crippen molar-refractivity contribution in [2.24, 2.45) is 11.5 Å². The van der Waals surface area contributed by atoms with Gasteiger partial charge < -0.3 is 26.0 Å². The summed E-state index contributed by atoms with van der Waals surface area (Å²) in [7, 11) is 0. The maximum atomic E-state index is 11.2. The van der Waals surface area contributed by atoms with E-state index in [1.807, 2.05) is 57.2 Å². The molecule has 0 spiro atoms. The maximum Gasteiger partial charge on any atom is 0.221 e. The molecule has 8 heteroatoms. The number of nitrogens with one attached hydrogen (secondary N) is 1. The van der Waals surface area contributed by atoms with E-state index in [9.17, 15) is 9.90 Å². The Morgan fingerprint density at radius 3 is 2.23 bits per heavy atom. The monoisotopic (exact) mass is 544 g/mol. The van der Waals surface area contributed by atoms with Crippen LogP contribution in [-0.4, -0.2) is 29.2 Å². The zero-order valence-electron chi connectivity index (χ0n) is 23.8. The second-order valence-electron chi connectivity index (χ2n) is 10.9. The van der Waals surface area contributed by atoms with Crippen molar-refractivity contribution in [2.45, 2.75) is 71.8 Å². The SMILES string of the molecule is Cc1c(C)c2c(c(C)c1O)CCC(C)(CCCCOc1ccc(N(C(=N)N)c3ccc(CC(N)=O)cc3)cc1)O2. The zero-order chi connectivity index (χ0) is 29.0. The molecule has 0 fully saturated rings. The summed E-state index contributed by atoms with van der Waals surface area (Å²) in [5, 5.41) is 18.5. The molecule has 0 aromatic heterocycles. The van der Waals surface area contributed by atoms with Crippen LogP contribution in [0.4, 0.5) is 11.4 Å². The number of unbranched alkanes of at least 4 members (excludes halogenated alkanes) is 1. The van der Waals surface area contributed by atoms with E-state index in [1.54, 1.807) is 17.0 Å². The van der Waals surface area contributed by atoms with Gasteiger partial charge in [0.25, 0.3) is 0 Å². The van der Waals surface area contributed by atoms with Crippen LogP contribution in [0, 0.1) is 26.2 Å². The van der Waals surface area contributed by atoms with Gasteiger partial charge in [-0.25, -0.2) is 0 Å². The zero-order valence-corrected chi connectivity index (χ0v) is 23.8. The summed E-state index contributed by atoms with van der Waals surface area (Å²) in [6.07, 6.45) is 4.80. The van der Waals surface area contributed by atoms with Crippen molar-refractivity contribution in [1.82, 2.24) is 0 Å². The molecule has 0 saturated carbocycles. The number of hydrogen-bond donors (Lipinski definition) is 4. The molecular weight excluding hydrogens is 504 g/mol. The molecule has 4 rings (SSSR count). The Hall–Kier alpha value is -4.20. The normalized spacial score (nSPS) is 16.1. The van der Waals surface area contributed by atoms with Gasteiger partial charge in [-0.2, -0.15) is 0 Å². The molecule has 1 atom stereocenters. The highest BCUT2D eigenvalue weighted by Crippen LogP contribution is 2.44. The minimum absolute atomic E-state index is 0.116. The second-order valence-corrected chi connectivity index (χ2v) is 10.9. The number of phenols is 1. The summed E-state index contributed by atoms with van der Waals surface area (Å²) in [5.41, 5.74) is 17.2. The van der Waals surface area contributed by atoms with Crippen LogP contribution >= 0.6 is 0 Å². The van der Waals surface area contributed by atoms with Gasteiger partial charge in [0.2, 0.25) is 5.91 Å². The molecule has 3 aromatic carbocycles. The highest BCUT2D eigenvalue weighted by atomic mass is 16.5. The number of carbonyl (C=O) groups excluding carboxylic acids is 1. The van der Waals surface area contributed by atoms with Crippen molar-refractivity contribution in [2.75, 3.05) is 11.5 Å². The fourth-order valence-corrected chi connectivity index (χ4v) is 5.34. The third-order valence-corrected chi connectivity index (χ3v) is 7.87. The van der Waals surface area contributed by atoms with E-state index in [4.69, 9.17) is 26.4 Å². The summed E-state index contributed by atoms with van der Waals surface area (Å²) in [5.74, 6) is 1.57. The van der Waals surface area contributed by atoms with Gasteiger partial charge >= 0.3 is 0 Å². The summed E-state index contributed by atoms with van der Waals surface area (Å²) < 4.78 is 12.5. The Bertz CT molecular complexity index is 1390. The summed E-state index contributed by atoms with van der Waals surface area (Å²) >= 11 is 0. The predicted octanol–water partition coefficient (Wildman–Crippen LogP) is 5.71. The van der Waals surface area contributed by atoms with Crippen LogP contribution in [0.5, 0.6) is 17.2 Å². The molecule has 1 heterocycles. The Morgan fingerprint density at radius 2 is 1.62 bits per heavy atom. The van der Waals surface area contributed by atoms with E-state index in [2.05, 4.69) is 6.92 Å². The quantitative estimate of drug-likeness (QED) is 0.147. The smallest absolute Gasteiger partial charge is 0.221 e. The molecule has 212 valence electrons. The Balaban J connectivity index is 1.29. The van der Waals surface area contributed by atoms with Crippen LogP contribution in [0.2, 0.25) is 0 Å². The van der Waals surface area contributed by atoms with E-state index in [1.165, 1.54) is 0 Å². The number of nitrogens with zero attached hydrogens (tertiary/aromatic N) is 1. The number of guanidine groups is 1. The molecule has 1 aliphatic rings. The van der Waals surface area contributed by atoms with Gasteiger partial charge in [0.1, 0.15) is 22.8 Å². The average molecular weight is 545 g/mol. The van der Waals surface area contributed by atoms with Gasteiger partial charge in [-0.05, 0) is 118 Å². The van der Waals surface area contributed by atoms with Gasteiger partial charge in [0.15, 0.2) is 5.96 Å². The van der Waals surface area contributed by atoms with Gasteiger partial charge in [0, 0.05) is 16.9 Å². The number of fused-ring (bicyclic) bond motifs is 1. The van der Waals surface area contributed by atoms with Crippen molar-refractivity contribution >= 4 is 23.2 Å². The third-order valence-electron chi connectivity index (χ3n) is 7.87. The highest BCUT2D eigenvalue weighted by molar-refractivity contribution is 5.99. The topological polar surface area (TPSA) is 135 Å². The van der Waals surface area contributed by atoms with E-state index in [-0.39, 0.29) is 18.0 Å². The van der Waals surface area contributed by atoms with Crippen LogP contribution in [0.3, 0.4) is 0 Å². The number of nitrogens with two attached hydrogens (primary N) is 2. The summed E-state index contributed by atoms with van der Waals surface area (Å²) in [4.78, 5) is 12.8. The van der Waals surface area contributed by atoms with Crippen molar-refractivity contribution in [1.29, 1.82) is 5.41 Å². The molecule has 0 radical (unpaired) electrons. The lowest BCUT2D eigenvalue weighted by Crippen LogP contribution is -2.37. The molecule has 1 unspecified atom stereocenters. The molecule has 0 aliphatic carbocycles. The van der Waals surface area contributed by atoms with Gasteiger partial charge in [-0.1, -0.05) is 12.1 Å². The minimum Gasteiger partial charge on any atom is -0.507 e. The molecule has 0 saturated heterocycles. The summed E-state index contributed by atoms with van der Waals surface area (Å²) in [6, 6.07) is 14.7. The second kappa shape index (κ2) is 11.9. The van der Waals surface area contributed by atoms with Crippen molar-refractivity contribution < 1.29 is 19.4 Å². The molecule has 1 aliphatic heterocycles. The Labute approximate surface area is 236 Å². The molecule has 0 bridgehead atoms. The van der Waals surface area contributed by atoms with E-state index >= 15 is 0 Å². The first-order chi connectivity index (χ1) is 19.0. The van der Waals surface area contributed by atoms with E-state index < -0.39 is 5.91 Å². The number of rotatable bonds is 10. The number of benzene rings is 3. The van der Waals surface area contributed by atoms with Crippen molar-refractivity contribution in [3.8, 4) is 17.2 Å². The Morgan fingerprint density at radius 1 is 1.00 bits per heavy atom. The fourth-order valence-electron chi connectivity index (χ4n) is 5.34. The maximum absolute atomic E-state index is 11.2. The lowest BCUT2D eigenvalue weighted by atomic mass is 9.85. The van der Waals surface area contributed by atoms with Crippen LogP contribution in [0.1, 0.15) is 60.4 Å². The standard InChI is InChI=1S/C32H40N4O4/c1-20-21(2)30-27(22(3)29(20)38)15-17-32(4,40-30)16-5-6-18-39-26-13-11-25(12-14-26)36(31(34)35)24-9-7-23(8-10-24)19-28(33)37/h7-14,38H,5-6,15-19H2,1-4H3,(H2,33,37)(H3,34,35). The molecule has 6 N–H and O–H groups in total. The van der Waals surface area contributed by atoms with E-state index in [0.29, 0.717) is 18.0 Å². The first-order valence-electron chi connectivity index (χ1n) is 13.7. The minimum atomic E-state index is -0.392. The van der Waals surface area contributed by atoms with Crippen LogP contribution < -0.4 is 25.8 Å². The number of carbonyl (C=O) groups is 1. The molecule has 40 heavy (non-hydrogen) atoms. The summed E-state index contributed by atoms with van der Waals surface area (Å²) in [6.45, 7) is 8.71. The van der Waals surface area contributed by atoms with Gasteiger partial charge in [0.05, 0.1) is 13.0 Å². The molecule has 8 nitrogen and oxygen atoms in total. The largest absolute Gasteiger partial charge is 0.507 e. The first kappa shape index (κ1) is 28.8. The number of hydrogen-bond acceptors (Lipinski definition) is 5. The lowest BCUT2D eigenvalue weighted by Gasteiger charge is -2.38. The van der Waals surface area contributed by atoms with Crippen LogP contribution in [0.15, 0.2) is 48.5 Å². The van der Waals surface area contributed by atoms with Crippen molar-refractivity contribution in [3.05, 3.63) is 76.3 Å². The fraction of sp³-hybridized carbons (Fsp3) is 0.375. The van der Waals surface area contributed by atoms with Crippen LogP contribution in [0.25, 0.3) is 0 Å². The lowest BCUT2D eigenvalue weighted by molar-refractivity contribution is -0.117. The van der Waals surface area contributed by atoms with Crippen LogP contribution in [-0.2, 0) is 17.6 Å². The highest BCUT2D eigenvalue weighted by Gasteiger charge is 2.34. The van der Waals surface area contributed by atoms with Gasteiger partial charge in [-0.3, -0.25) is 15.1 Å².